The van der Waals surface area contributed by atoms with E-state index < -0.39 is 42.0 Å². The van der Waals surface area contributed by atoms with Crippen molar-refractivity contribution in [3.63, 3.8) is 0 Å². The Labute approximate surface area is 245 Å². The van der Waals surface area contributed by atoms with Gasteiger partial charge in [0.2, 0.25) is 0 Å². The van der Waals surface area contributed by atoms with E-state index in [1.54, 1.807) is 84.9 Å². The first kappa shape index (κ1) is 28.1. The van der Waals surface area contributed by atoms with Crippen molar-refractivity contribution >= 4 is 46.7 Å². The molecule has 1 amide bonds. The van der Waals surface area contributed by atoms with E-state index in [1.807, 2.05) is 0 Å². The summed E-state index contributed by atoms with van der Waals surface area (Å²) < 4.78 is 20.1. The molecule has 0 saturated carbocycles. The number of hydrogen-bond acceptors (Lipinski definition) is 3. The highest BCUT2D eigenvalue weighted by molar-refractivity contribution is 6.31. The van der Waals surface area contributed by atoms with Crippen molar-refractivity contribution in [1.29, 1.82) is 0 Å². The van der Waals surface area contributed by atoms with Gasteiger partial charge in [0.1, 0.15) is 18.0 Å². The highest BCUT2D eigenvalue weighted by Gasteiger charge is 2.49. The van der Waals surface area contributed by atoms with E-state index in [-0.39, 0.29) is 6.42 Å². The molecule has 1 saturated heterocycles. The molecule has 1 fully saturated rings. The van der Waals surface area contributed by atoms with Crippen LogP contribution in [-0.4, -0.2) is 28.0 Å². The van der Waals surface area contributed by atoms with Crippen molar-refractivity contribution in [1.82, 2.24) is 4.90 Å². The van der Waals surface area contributed by atoms with E-state index in [9.17, 15) is 19.1 Å². The lowest BCUT2D eigenvalue weighted by Crippen LogP contribution is -2.54. The molecule has 1 N–H and O–H groups in total. The van der Waals surface area contributed by atoms with Gasteiger partial charge in [-0.1, -0.05) is 83.3 Å². The molecule has 0 spiro atoms. The van der Waals surface area contributed by atoms with Crippen LogP contribution in [0.2, 0.25) is 15.1 Å². The van der Waals surface area contributed by atoms with Gasteiger partial charge < -0.3 is 14.7 Å². The number of hydrogen-bond donors (Lipinski definition) is 1. The maximum Gasteiger partial charge on any atom is 0.331 e. The number of ether oxygens (including phenoxy) is 1. The highest BCUT2D eigenvalue weighted by atomic mass is 35.5. The van der Waals surface area contributed by atoms with Crippen LogP contribution in [0, 0.1) is 5.82 Å². The fraction of sp³-hybridized carbons (Fsp3) is 0.161. The minimum absolute atomic E-state index is 0.111. The molecule has 204 valence electrons. The Morgan fingerprint density at radius 1 is 0.800 bits per heavy atom. The molecule has 0 aliphatic carbocycles. The SMILES string of the molecule is O=C(O)[C@@H](c1ccc(Cl)cc1)N1C(=O)[C@@H](Cc2ccc(F)cc2)O[C@H](c2ccc(Cl)cc2)[C@@H]1c1ccc(Cl)cc1. The largest absolute Gasteiger partial charge is 0.479 e. The first-order valence-corrected chi connectivity index (χ1v) is 13.6. The summed E-state index contributed by atoms with van der Waals surface area (Å²) in [7, 11) is 0. The van der Waals surface area contributed by atoms with Crippen LogP contribution in [0.15, 0.2) is 97.1 Å². The maximum atomic E-state index is 14.3. The molecule has 40 heavy (non-hydrogen) atoms. The Balaban J connectivity index is 1.68. The van der Waals surface area contributed by atoms with Gasteiger partial charge in [-0.25, -0.2) is 9.18 Å². The second-order valence-corrected chi connectivity index (χ2v) is 10.8. The van der Waals surface area contributed by atoms with Gasteiger partial charge in [-0.2, -0.15) is 0 Å². The van der Waals surface area contributed by atoms with Crippen LogP contribution in [0.25, 0.3) is 0 Å². The van der Waals surface area contributed by atoms with E-state index in [1.165, 1.54) is 17.0 Å². The van der Waals surface area contributed by atoms with Gasteiger partial charge in [0.05, 0.1) is 6.04 Å². The third-order valence-electron chi connectivity index (χ3n) is 6.87. The number of rotatable bonds is 7. The fourth-order valence-corrected chi connectivity index (χ4v) is 5.37. The molecule has 1 aliphatic rings. The molecule has 4 aromatic rings. The number of benzene rings is 4. The quantitative estimate of drug-likeness (QED) is 0.235. The molecule has 0 aromatic heterocycles. The smallest absolute Gasteiger partial charge is 0.331 e. The summed E-state index contributed by atoms with van der Waals surface area (Å²) >= 11 is 18.4. The summed E-state index contributed by atoms with van der Waals surface area (Å²) in [5.41, 5.74) is 2.38. The minimum atomic E-state index is -1.36. The first-order valence-electron chi connectivity index (χ1n) is 12.4. The molecule has 0 unspecified atom stereocenters. The van der Waals surface area contributed by atoms with Crippen molar-refractivity contribution in [2.75, 3.05) is 0 Å². The van der Waals surface area contributed by atoms with E-state index in [0.717, 1.165) is 0 Å². The summed E-state index contributed by atoms with van der Waals surface area (Å²) in [6, 6.07) is 23.8. The Bertz CT molecular complexity index is 1500. The monoisotopic (exact) mass is 597 g/mol. The van der Waals surface area contributed by atoms with E-state index in [4.69, 9.17) is 39.5 Å². The molecule has 4 atom stereocenters. The number of nitrogens with zero attached hydrogens (tertiary/aromatic N) is 1. The van der Waals surface area contributed by atoms with Gasteiger partial charge in [0.25, 0.3) is 5.91 Å². The highest BCUT2D eigenvalue weighted by Crippen LogP contribution is 2.46. The summed E-state index contributed by atoms with van der Waals surface area (Å²) in [5.74, 6) is -2.14. The first-order chi connectivity index (χ1) is 19.2. The predicted molar refractivity (Wildman–Crippen MR) is 152 cm³/mol. The van der Waals surface area contributed by atoms with Crippen molar-refractivity contribution in [2.24, 2.45) is 0 Å². The predicted octanol–water partition coefficient (Wildman–Crippen LogP) is 7.86. The van der Waals surface area contributed by atoms with Crippen LogP contribution in [0.1, 0.15) is 40.4 Å². The summed E-state index contributed by atoms with van der Waals surface area (Å²) in [5, 5.41) is 12.0. The zero-order valence-electron chi connectivity index (χ0n) is 20.9. The Morgan fingerprint density at radius 3 is 1.82 bits per heavy atom. The Kier molecular flexibility index (Phi) is 8.43. The topological polar surface area (TPSA) is 66.8 Å². The summed E-state index contributed by atoms with van der Waals surface area (Å²) in [6.45, 7) is 0. The Morgan fingerprint density at radius 2 is 1.30 bits per heavy atom. The van der Waals surface area contributed by atoms with E-state index in [2.05, 4.69) is 0 Å². The second-order valence-electron chi connectivity index (χ2n) is 9.46. The molecule has 5 nitrogen and oxygen atoms in total. The van der Waals surface area contributed by atoms with Crippen LogP contribution in [0.3, 0.4) is 0 Å². The fourth-order valence-electron chi connectivity index (χ4n) is 4.99. The van der Waals surface area contributed by atoms with Crippen LogP contribution < -0.4 is 0 Å². The minimum Gasteiger partial charge on any atom is -0.479 e. The lowest BCUT2D eigenvalue weighted by atomic mass is 9.88. The van der Waals surface area contributed by atoms with Gasteiger partial charge in [0, 0.05) is 21.5 Å². The van der Waals surface area contributed by atoms with Gasteiger partial charge in [-0.15, -0.1) is 0 Å². The Hall–Kier alpha value is -3.42. The number of carboxylic acids is 1. The molecule has 0 bridgehead atoms. The molecule has 4 aromatic carbocycles. The molecule has 0 radical (unpaired) electrons. The molecular formula is C31H23Cl3FNO4. The number of carboxylic acid groups (broad SMARTS) is 1. The molecule has 5 rings (SSSR count). The molecular weight excluding hydrogens is 576 g/mol. The lowest BCUT2D eigenvalue weighted by Gasteiger charge is -2.47. The van der Waals surface area contributed by atoms with Crippen LogP contribution >= 0.6 is 34.8 Å². The number of amides is 1. The van der Waals surface area contributed by atoms with Crippen molar-refractivity contribution in [3.05, 3.63) is 140 Å². The average molecular weight is 599 g/mol. The number of halogens is 4. The zero-order valence-corrected chi connectivity index (χ0v) is 23.2. The average Bonchev–Trinajstić information content (AvgIpc) is 2.94. The third-order valence-corrected chi connectivity index (χ3v) is 7.63. The third kappa shape index (κ3) is 6.01. The number of carbonyl (C=O) groups excluding carboxylic acids is 1. The lowest BCUT2D eigenvalue weighted by molar-refractivity contribution is -0.184. The van der Waals surface area contributed by atoms with Crippen LogP contribution in [0.5, 0.6) is 0 Å². The second kappa shape index (κ2) is 12.0. The standard InChI is InChI=1S/C31H23Cl3FNO4/c32-22-9-3-19(4-10-22)27-29(21-7-13-24(34)14-8-21)40-26(17-18-1-15-25(35)16-2-18)30(37)36(27)28(31(38)39)20-5-11-23(33)12-6-20/h1-16,26-29H,17H2,(H,38,39)/t26-,27+,28-,29-/m1/s1. The van der Waals surface area contributed by atoms with Gasteiger partial charge >= 0.3 is 5.97 Å². The van der Waals surface area contributed by atoms with Crippen LogP contribution in [0.4, 0.5) is 4.39 Å². The summed E-state index contributed by atoms with van der Waals surface area (Å²) in [4.78, 5) is 28.5. The van der Waals surface area contributed by atoms with E-state index in [0.29, 0.717) is 37.3 Å². The number of carbonyl (C=O) groups is 2. The number of morpholine rings is 1. The maximum absolute atomic E-state index is 14.3. The number of aliphatic carboxylic acids is 1. The normalized spacial score (nSPS) is 19.9. The van der Waals surface area contributed by atoms with Gasteiger partial charge in [0.15, 0.2) is 6.04 Å². The van der Waals surface area contributed by atoms with Crippen molar-refractivity contribution in [2.45, 2.75) is 30.7 Å². The summed E-state index contributed by atoms with van der Waals surface area (Å²) in [6.07, 6.45) is -1.71. The molecule has 1 aliphatic heterocycles. The van der Waals surface area contributed by atoms with E-state index >= 15 is 0 Å². The van der Waals surface area contributed by atoms with Gasteiger partial charge in [-0.3, -0.25) is 4.79 Å². The van der Waals surface area contributed by atoms with Gasteiger partial charge in [-0.05, 0) is 70.8 Å². The van der Waals surface area contributed by atoms with Crippen LogP contribution in [-0.2, 0) is 20.7 Å². The zero-order chi connectivity index (χ0) is 28.4. The van der Waals surface area contributed by atoms with Crippen molar-refractivity contribution < 1.29 is 23.8 Å². The van der Waals surface area contributed by atoms with Crippen molar-refractivity contribution in [3.8, 4) is 0 Å². The molecule has 9 heteroatoms. The molecule has 1 heterocycles.